The van der Waals surface area contributed by atoms with Gasteiger partial charge in [-0.1, -0.05) is 0 Å². The maximum absolute atomic E-state index is 11.5. The van der Waals surface area contributed by atoms with Crippen LogP contribution in [-0.4, -0.2) is 27.9 Å². The molecule has 5 nitrogen and oxygen atoms in total. The summed E-state index contributed by atoms with van der Waals surface area (Å²) < 4.78 is 0. The van der Waals surface area contributed by atoms with Crippen LogP contribution in [0.25, 0.3) is 22.7 Å². The largest absolute Gasteiger partial charge is 0.354 e. The van der Waals surface area contributed by atoms with E-state index in [9.17, 15) is 4.79 Å². The molecule has 1 N–H and O–H groups in total. The van der Waals surface area contributed by atoms with Gasteiger partial charge in [0, 0.05) is 36.1 Å². The van der Waals surface area contributed by atoms with Crippen LogP contribution in [0.2, 0.25) is 0 Å². The molecule has 0 aliphatic heterocycles. The van der Waals surface area contributed by atoms with Crippen molar-refractivity contribution in [3.63, 3.8) is 0 Å². The van der Waals surface area contributed by atoms with Gasteiger partial charge >= 0.3 is 0 Å². The average Bonchev–Trinajstić information content (AvgIpc) is 3.22. The van der Waals surface area contributed by atoms with Gasteiger partial charge in [-0.25, -0.2) is 9.97 Å². The zero-order valence-electron chi connectivity index (χ0n) is 11.7. The molecule has 7 heteroatoms. The number of hydrogen-bond acceptors (Lipinski definition) is 6. The van der Waals surface area contributed by atoms with Crippen LogP contribution in [0.5, 0.6) is 0 Å². The fraction of sp³-hybridized carbons (Fsp3) is 0.0667. The van der Waals surface area contributed by atoms with E-state index in [4.69, 9.17) is 0 Å². The van der Waals surface area contributed by atoms with E-state index in [0.29, 0.717) is 4.88 Å². The Morgan fingerprint density at radius 3 is 2.86 bits per heavy atom. The molecule has 1 amide bonds. The molecule has 0 bridgehead atoms. The fourth-order valence-corrected chi connectivity index (χ4v) is 3.31. The Labute approximate surface area is 135 Å². The second-order valence-corrected chi connectivity index (χ2v) is 6.41. The lowest BCUT2D eigenvalue weighted by Gasteiger charge is -1.91. The Morgan fingerprint density at radius 2 is 2.09 bits per heavy atom. The van der Waals surface area contributed by atoms with Gasteiger partial charge in [0.1, 0.15) is 14.9 Å². The third kappa shape index (κ3) is 3.26. The molecule has 0 radical (unpaired) electrons. The monoisotopic (exact) mass is 328 g/mol. The minimum Gasteiger partial charge on any atom is -0.354 e. The van der Waals surface area contributed by atoms with Crippen LogP contribution >= 0.6 is 22.7 Å². The van der Waals surface area contributed by atoms with E-state index in [1.54, 1.807) is 37.0 Å². The Balaban J connectivity index is 1.75. The van der Waals surface area contributed by atoms with Gasteiger partial charge in [-0.05, 0) is 24.3 Å². The lowest BCUT2D eigenvalue weighted by Crippen LogP contribution is -2.16. The minimum atomic E-state index is -0.117. The summed E-state index contributed by atoms with van der Waals surface area (Å²) in [6, 6.07) is 3.87. The molecule has 3 aromatic rings. The SMILES string of the molecule is CNC(=O)c1cnc(C=Cc2cnc(-c3cccnc3)s2)s1. The second kappa shape index (κ2) is 6.59. The third-order valence-corrected chi connectivity index (χ3v) is 4.77. The third-order valence-electron chi connectivity index (χ3n) is 2.80. The Hall–Kier alpha value is -2.38. The van der Waals surface area contributed by atoms with Gasteiger partial charge in [-0.2, -0.15) is 0 Å². The number of hydrogen-bond donors (Lipinski definition) is 1. The van der Waals surface area contributed by atoms with E-state index in [-0.39, 0.29) is 5.91 Å². The van der Waals surface area contributed by atoms with Crippen molar-refractivity contribution in [1.29, 1.82) is 0 Å². The van der Waals surface area contributed by atoms with E-state index >= 15 is 0 Å². The van der Waals surface area contributed by atoms with Gasteiger partial charge in [-0.3, -0.25) is 9.78 Å². The predicted molar refractivity (Wildman–Crippen MR) is 89.8 cm³/mol. The Kier molecular flexibility index (Phi) is 4.36. The molecule has 0 saturated heterocycles. The highest BCUT2D eigenvalue weighted by Gasteiger charge is 2.07. The van der Waals surface area contributed by atoms with Crippen molar-refractivity contribution in [3.8, 4) is 10.6 Å². The van der Waals surface area contributed by atoms with Crippen molar-refractivity contribution < 1.29 is 4.79 Å². The van der Waals surface area contributed by atoms with Crippen LogP contribution in [-0.2, 0) is 0 Å². The lowest BCUT2D eigenvalue weighted by atomic mass is 10.3. The minimum absolute atomic E-state index is 0.117. The van der Waals surface area contributed by atoms with Crippen LogP contribution in [0.1, 0.15) is 19.6 Å². The first kappa shape index (κ1) is 14.6. The molecule has 0 atom stereocenters. The molecule has 0 saturated carbocycles. The van der Waals surface area contributed by atoms with E-state index in [1.165, 1.54) is 11.3 Å². The summed E-state index contributed by atoms with van der Waals surface area (Å²) in [6.45, 7) is 0. The van der Waals surface area contributed by atoms with Gasteiger partial charge < -0.3 is 5.32 Å². The van der Waals surface area contributed by atoms with Crippen LogP contribution in [0, 0.1) is 0 Å². The smallest absolute Gasteiger partial charge is 0.262 e. The number of aromatic nitrogens is 3. The van der Waals surface area contributed by atoms with Gasteiger partial charge in [0.25, 0.3) is 5.91 Å². The van der Waals surface area contributed by atoms with Crippen molar-refractivity contribution >= 4 is 40.7 Å². The van der Waals surface area contributed by atoms with Crippen molar-refractivity contribution in [3.05, 3.63) is 51.7 Å². The predicted octanol–water partition coefficient (Wildman–Crippen LogP) is 3.19. The van der Waals surface area contributed by atoms with Gasteiger partial charge in [0.05, 0.1) is 6.20 Å². The molecular formula is C15H12N4OS2. The van der Waals surface area contributed by atoms with Crippen LogP contribution in [0.4, 0.5) is 0 Å². The topological polar surface area (TPSA) is 67.8 Å². The summed E-state index contributed by atoms with van der Waals surface area (Å²) in [5.41, 5.74) is 1.00. The Bertz CT molecular complexity index is 808. The van der Waals surface area contributed by atoms with Crippen LogP contribution in [0.15, 0.2) is 36.9 Å². The standard InChI is InChI=1S/C15H12N4OS2/c1-16-14(20)12-9-18-13(22-12)5-4-11-8-19-15(21-11)10-3-2-6-17-7-10/h2-9H,1H3,(H,16,20). The average molecular weight is 328 g/mol. The summed E-state index contributed by atoms with van der Waals surface area (Å²) >= 11 is 2.93. The van der Waals surface area contributed by atoms with Crippen molar-refractivity contribution in [2.24, 2.45) is 0 Å². The molecule has 0 aromatic carbocycles. The summed E-state index contributed by atoms with van der Waals surface area (Å²) in [5, 5.41) is 4.30. The van der Waals surface area contributed by atoms with E-state index in [0.717, 1.165) is 20.5 Å². The first-order valence-electron chi connectivity index (χ1n) is 6.48. The molecule has 0 fully saturated rings. The lowest BCUT2D eigenvalue weighted by molar-refractivity contribution is 0.0967. The van der Waals surface area contributed by atoms with Crippen LogP contribution in [0.3, 0.4) is 0 Å². The molecule has 110 valence electrons. The summed E-state index contributed by atoms with van der Waals surface area (Å²) in [7, 11) is 1.61. The van der Waals surface area contributed by atoms with Gasteiger partial charge in [0.15, 0.2) is 0 Å². The zero-order chi connectivity index (χ0) is 15.4. The van der Waals surface area contributed by atoms with Gasteiger partial charge in [-0.15, -0.1) is 22.7 Å². The van der Waals surface area contributed by atoms with Crippen LogP contribution < -0.4 is 5.32 Å². The first-order chi connectivity index (χ1) is 10.8. The van der Waals surface area contributed by atoms with Crippen molar-refractivity contribution in [2.45, 2.75) is 0 Å². The van der Waals surface area contributed by atoms with E-state index in [2.05, 4.69) is 20.3 Å². The molecule has 3 aromatic heterocycles. The fourth-order valence-electron chi connectivity index (χ4n) is 1.73. The number of thiazole rings is 2. The molecule has 0 spiro atoms. The highest BCUT2D eigenvalue weighted by atomic mass is 32.1. The Morgan fingerprint density at radius 1 is 1.18 bits per heavy atom. The summed E-state index contributed by atoms with van der Waals surface area (Å²) in [6.07, 6.45) is 10.8. The van der Waals surface area contributed by atoms with Gasteiger partial charge in [0.2, 0.25) is 0 Å². The molecule has 3 rings (SSSR count). The number of nitrogens with zero attached hydrogens (tertiary/aromatic N) is 3. The number of carbonyl (C=O) groups is 1. The summed E-state index contributed by atoms with van der Waals surface area (Å²) in [4.78, 5) is 25.8. The molecule has 0 unspecified atom stereocenters. The highest BCUT2D eigenvalue weighted by molar-refractivity contribution is 7.16. The quantitative estimate of drug-likeness (QED) is 0.798. The molecule has 3 heterocycles. The summed E-state index contributed by atoms with van der Waals surface area (Å²) in [5.74, 6) is -0.117. The van der Waals surface area contributed by atoms with Crippen molar-refractivity contribution in [1.82, 2.24) is 20.3 Å². The maximum Gasteiger partial charge on any atom is 0.262 e. The first-order valence-corrected chi connectivity index (χ1v) is 8.12. The number of rotatable bonds is 4. The number of nitrogens with one attached hydrogen (secondary N) is 1. The number of amides is 1. The maximum atomic E-state index is 11.5. The molecular weight excluding hydrogens is 316 g/mol. The van der Waals surface area contributed by atoms with Crippen molar-refractivity contribution in [2.75, 3.05) is 7.05 Å². The number of pyridine rings is 1. The zero-order valence-corrected chi connectivity index (χ0v) is 13.3. The molecule has 0 aliphatic rings. The highest BCUT2D eigenvalue weighted by Crippen LogP contribution is 2.26. The second-order valence-electron chi connectivity index (χ2n) is 4.28. The number of carbonyl (C=O) groups excluding carboxylic acids is 1. The normalized spacial score (nSPS) is 11.0. The van der Waals surface area contributed by atoms with E-state index in [1.807, 2.05) is 30.5 Å². The van der Waals surface area contributed by atoms with E-state index < -0.39 is 0 Å². The molecule has 22 heavy (non-hydrogen) atoms. The molecule has 0 aliphatic carbocycles.